The summed E-state index contributed by atoms with van der Waals surface area (Å²) in [5.41, 5.74) is -0.502. The Morgan fingerprint density at radius 3 is 2.23 bits per heavy atom. The van der Waals surface area contributed by atoms with Gasteiger partial charge in [-0.2, -0.15) is 0 Å². The van der Waals surface area contributed by atoms with Gasteiger partial charge in [0, 0.05) is 6.92 Å². The molecule has 0 unspecified atom stereocenters. The number of nitrogens with one attached hydrogen (secondary N) is 2. The number of aliphatic carboxylic acids is 1. The minimum absolute atomic E-state index is 0.129. The molecule has 0 bridgehead atoms. The van der Waals surface area contributed by atoms with E-state index >= 15 is 0 Å². The van der Waals surface area contributed by atoms with Crippen molar-refractivity contribution in [1.82, 2.24) is 10.6 Å². The van der Waals surface area contributed by atoms with Crippen molar-refractivity contribution in [3.05, 3.63) is 35.9 Å². The first-order valence-electron chi connectivity index (χ1n) is 9.58. The summed E-state index contributed by atoms with van der Waals surface area (Å²) in [6, 6.07) is 7.96. The summed E-state index contributed by atoms with van der Waals surface area (Å²) in [5, 5.41) is 13.6. The fraction of sp³-hybridized carbons (Fsp3) is 0.524. The van der Waals surface area contributed by atoms with Crippen molar-refractivity contribution in [3.8, 4) is 0 Å². The van der Waals surface area contributed by atoms with Gasteiger partial charge in [-0.1, -0.05) is 55.9 Å². The molecule has 0 aliphatic heterocycles. The molecule has 1 aromatic rings. The zero-order valence-electron chi connectivity index (χ0n) is 17.9. The Balaban J connectivity index is 2.70. The first-order valence-corrected chi connectivity index (χ1v) is 10.5. The number of carboxylic acids is 1. The third kappa shape index (κ3) is 8.54. The lowest BCUT2D eigenvalue weighted by molar-refractivity contribution is -0.145. The third-order valence-electron chi connectivity index (χ3n) is 4.16. The average molecular weight is 439 g/mol. The van der Waals surface area contributed by atoms with Gasteiger partial charge in [0.15, 0.2) is 11.2 Å². The number of thioether (sulfide) groups is 1. The van der Waals surface area contributed by atoms with Crippen LogP contribution in [-0.2, 0) is 30.5 Å². The summed E-state index contributed by atoms with van der Waals surface area (Å²) in [5.74, 6) is -2.50. The Bertz CT molecular complexity index is 751. The number of ether oxygens (including phenoxy) is 1. The predicted molar refractivity (Wildman–Crippen MR) is 115 cm³/mol. The average Bonchev–Trinajstić information content (AvgIpc) is 2.65. The molecule has 30 heavy (non-hydrogen) atoms. The van der Waals surface area contributed by atoms with E-state index in [9.17, 15) is 24.3 Å². The summed E-state index contributed by atoms with van der Waals surface area (Å²) in [7, 11) is 0. The van der Waals surface area contributed by atoms with Crippen LogP contribution in [0.4, 0.5) is 0 Å². The highest BCUT2D eigenvalue weighted by molar-refractivity contribution is 8.14. The van der Waals surface area contributed by atoms with Crippen LogP contribution in [0.1, 0.15) is 40.2 Å². The molecule has 0 aromatic heterocycles. The van der Waals surface area contributed by atoms with Crippen molar-refractivity contribution in [2.24, 2.45) is 5.92 Å². The Morgan fingerprint density at radius 2 is 1.73 bits per heavy atom. The van der Waals surface area contributed by atoms with Crippen molar-refractivity contribution in [3.63, 3.8) is 0 Å². The molecule has 0 fully saturated rings. The monoisotopic (exact) mass is 438 g/mol. The van der Waals surface area contributed by atoms with Gasteiger partial charge in [0.05, 0.1) is 18.5 Å². The summed E-state index contributed by atoms with van der Waals surface area (Å²) < 4.78 is 5.43. The standard InChI is InChI=1S/C21H30N2O6S/c1-13(2)17(30-14(3)24)18(25)23-21(4,5)20(28)22-16(19(26)27)12-29-11-15-9-7-6-8-10-15/h6-10,13,16-17H,11-12H2,1-5H3,(H,22,28)(H,23,25)(H,26,27)/t16-,17-/m0/s1. The Hall–Kier alpha value is -2.39. The van der Waals surface area contributed by atoms with Crippen LogP contribution in [-0.4, -0.2) is 51.4 Å². The number of hydrogen-bond donors (Lipinski definition) is 3. The smallest absolute Gasteiger partial charge is 0.328 e. The van der Waals surface area contributed by atoms with Crippen molar-refractivity contribution < 1.29 is 29.0 Å². The first-order chi connectivity index (χ1) is 13.9. The summed E-state index contributed by atoms with van der Waals surface area (Å²) in [4.78, 5) is 48.2. The van der Waals surface area contributed by atoms with Crippen LogP contribution in [0.2, 0.25) is 0 Å². The van der Waals surface area contributed by atoms with Crippen molar-refractivity contribution >= 4 is 34.7 Å². The van der Waals surface area contributed by atoms with Crippen molar-refractivity contribution in [1.29, 1.82) is 0 Å². The third-order valence-corrected chi connectivity index (χ3v) is 5.50. The van der Waals surface area contributed by atoms with Crippen LogP contribution in [0.3, 0.4) is 0 Å². The molecule has 0 heterocycles. The molecule has 0 spiro atoms. The molecule has 0 saturated carbocycles. The van der Waals surface area contributed by atoms with Gasteiger partial charge >= 0.3 is 5.97 Å². The molecule has 0 aliphatic carbocycles. The van der Waals surface area contributed by atoms with Gasteiger partial charge < -0.3 is 20.5 Å². The zero-order valence-corrected chi connectivity index (χ0v) is 18.7. The molecule has 0 aliphatic rings. The van der Waals surface area contributed by atoms with E-state index < -0.39 is 34.6 Å². The van der Waals surface area contributed by atoms with Gasteiger partial charge in [-0.15, -0.1) is 0 Å². The van der Waals surface area contributed by atoms with E-state index in [0.29, 0.717) is 0 Å². The highest BCUT2D eigenvalue weighted by Gasteiger charge is 2.36. The molecule has 0 saturated heterocycles. The molecule has 0 radical (unpaired) electrons. The summed E-state index contributed by atoms with van der Waals surface area (Å²) in [6.07, 6.45) is 0. The highest BCUT2D eigenvalue weighted by Crippen LogP contribution is 2.21. The quantitative estimate of drug-likeness (QED) is 0.483. The number of benzene rings is 1. The Kier molecular flexibility index (Phi) is 10.0. The van der Waals surface area contributed by atoms with E-state index in [1.807, 2.05) is 30.3 Å². The molecule has 1 rings (SSSR count). The summed E-state index contributed by atoms with van der Waals surface area (Å²) in [6.45, 7) is 7.90. The molecular weight excluding hydrogens is 408 g/mol. The second-order valence-electron chi connectivity index (χ2n) is 7.75. The van der Waals surface area contributed by atoms with Gasteiger partial charge in [0.2, 0.25) is 11.8 Å². The predicted octanol–water partition coefficient (Wildman–Crippen LogP) is 1.97. The number of hydrogen-bond acceptors (Lipinski definition) is 6. The maximum absolute atomic E-state index is 12.6. The SMILES string of the molecule is CC(=O)S[C@H](C(=O)NC(C)(C)C(=O)N[C@@H](COCc1ccccc1)C(=O)O)C(C)C. The fourth-order valence-corrected chi connectivity index (χ4v) is 3.29. The van der Waals surface area contributed by atoms with Crippen LogP contribution < -0.4 is 10.6 Å². The topological polar surface area (TPSA) is 122 Å². The van der Waals surface area contributed by atoms with E-state index in [1.165, 1.54) is 20.8 Å². The number of rotatable bonds is 11. The number of amides is 2. The molecule has 9 heteroatoms. The Labute approximate surface area is 181 Å². The van der Waals surface area contributed by atoms with Gasteiger partial charge in [-0.05, 0) is 25.3 Å². The second-order valence-corrected chi connectivity index (χ2v) is 9.07. The van der Waals surface area contributed by atoms with E-state index in [0.717, 1.165) is 17.3 Å². The van der Waals surface area contributed by atoms with Gasteiger partial charge in [0.1, 0.15) is 5.54 Å². The minimum Gasteiger partial charge on any atom is -0.480 e. The molecule has 3 N–H and O–H groups in total. The number of carbonyl (C=O) groups excluding carboxylic acids is 3. The maximum atomic E-state index is 12.6. The lowest BCUT2D eigenvalue weighted by atomic mass is 10.0. The normalized spacial score (nSPS) is 13.4. The van der Waals surface area contributed by atoms with E-state index in [1.54, 1.807) is 13.8 Å². The molecule has 1 aromatic carbocycles. The number of carbonyl (C=O) groups is 4. The maximum Gasteiger partial charge on any atom is 0.328 e. The largest absolute Gasteiger partial charge is 0.480 e. The van der Waals surface area contributed by atoms with Gasteiger partial charge in [-0.25, -0.2) is 4.79 Å². The van der Waals surface area contributed by atoms with Crippen LogP contribution >= 0.6 is 11.8 Å². The van der Waals surface area contributed by atoms with Crippen molar-refractivity contribution in [2.45, 2.75) is 58.1 Å². The summed E-state index contributed by atoms with van der Waals surface area (Å²) >= 11 is 0.899. The highest BCUT2D eigenvalue weighted by atomic mass is 32.2. The van der Waals surface area contributed by atoms with Crippen LogP contribution in [0.5, 0.6) is 0 Å². The Morgan fingerprint density at radius 1 is 1.13 bits per heavy atom. The van der Waals surface area contributed by atoms with E-state index in [-0.39, 0.29) is 24.2 Å². The van der Waals surface area contributed by atoms with E-state index in [2.05, 4.69) is 10.6 Å². The molecular formula is C21H30N2O6S. The molecule has 8 nitrogen and oxygen atoms in total. The van der Waals surface area contributed by atoms with Crippen molar-refractivity contribution in [2.75, 3.05) is 6.61 Å². The molecule has 2 amide bonds. The van der Waals surface area contributed by atoms with Gasteiger partial charge in [-0.3, -0.25) is 14.4 Å². The van der Waals surface area contributed by atoms with Crippen LogP contribution in [0.15, 0.2) is 30.3 Å². The number of carboxylic acid groups (broad SMARTS) is 1. The van der Waals surface area contributed by atoms with E-state index in [4.69, 9.17) is 4.74 Å². The van der Waals surface area contributed by atoms with Crippen LogP contribution in [0, 0.1) is 5.92 Å². The first kappa shape index (κ1) is 25.6. The fourth-order valence-electron chi connectivity index (χ4n) is 2.49. The molecule has 166 valence electrons. The lowest BCUT2D eigenvalue weighted by Gasteiger charge is -2.29. The van der Waals surface area contributed by atoms with Crippen LogP contribution in [0.25, 0.3) is 0 Å². The van der Waals surface area contributed by atoms with Gasteiger partial charge in [0.25, 0.3) is 0 Å². The zero-order chi connectivity index (χ0) is 22.9. The lowest BCUT2D eigenvalue weighted by Crippen LogP contribution is -2.60. The minimum atomic E-state index is -1.38. The molecule has 2 atom stereocenters. The second kappa shape index (κ2) is 11.7.